The molecule has 0 aliphatic heterocycles. The molecule has 3 rings (SSSR count). The summed E-state index contributed by atoms with van der Waals surface area (Å²) in [5.74, 6) is -0.859. The van der Waals surface area contributed by atoms with Crippen molar-refractivity contribution in [1.29, 1.82) is 0 Å². The molecule has 0 heterocycles. The highest BCUT2D eigenvalue weighted by Crippen LogP contribution is 2.28. The van der Waals surface area contributed by atoms with Crippen molar-refractivity contribution in [2.75, 3.05) is 17.1 Å². The maximum atomic E-state index is 13.6. The van der Waals surface area contributed by atoms with E-state index < -0.39 is 28.5 Å². The molecular formula is C25H30Cl3N3O4S. The number of benzene rings is 2. The van der Waals surface area contributed by atoms with E-state index in [1.54, 1.807) is 31.2 Å². The van der Waals surface area contributed by atoms with E-state index in [0.29, 0.717) is 10.6 Å². The van der Waals surface area contributed by atoms with E-state index in [1.165, 1.54) is 23.1 Å². The fourth-order valence-corrected chi connectivity index (χ4v) is 5.80. The number of carbonyl (C=O) groups excluding carboxylic acids is 2. The second kappa shape index (κ2) is 12.5. The van der Waals surface area contributed by atoms with Gasteiger partial charge in [0.25, 0.3) is 0 Å². The lowest BCUT2D eigenvalue weighted by Crippen LogP contribution is -2.53. The monoisotopic (exact) mass is 573 g/mol. The van der Waals surface area contributed by atoms with E-state index in [-0.39, 0.29) is 34.2 Å². The van der Waals surface area contributed by atoms with Crippen LogP contribution in [0, 0.1) is 0 Å². The molecule has 2 amide bonds. The molecule has 0 unspecified atom stereocenters. The zero-order valence-corrected chi connectivity index (χ0v) is 23.3. The molecule has 0 radical (unpaired) electrons. The Morgan fingerprint density at radius 1 is 1.03 bits per heavy atom. The molecule has 196 valence electrons. The predicted molar refractivity (Wildman–Crippen MR) is 145 cm³/mol. The Balaban J connectivity index is 1.90. The fourth-order valence-electron chi connectivity index (χ4n) is 4.26. The summed E-state index contributed by atoms with van der Waals surface area (Å²) in [6, 6.07) is 10.5. The number of hydrogen-bond acceptors (Lipinski definition) is 4. The van der Waals surface area contributed by atoms with E-state index in [9.17, 15) is 18.0 Å². The maximum absolute atomic E-state index is 13.6. The molecule has 1 saturated carbocycles. The minimum absolute atomic E-state index is 0.0334. The Labute approximate surface area is 227 Å². The molecule has 1 aliphatic rings. The lowest BCUT2D eigenvalue weighted by atomic mass is 9.95. The molecule has 0 aromatic heterocycles. The van der Waals surface area contributed by atoms with Crippen LogP contribution in [0.5, 0.6) is 0 Å². The molecule has 2 aromatic rings. The van der Waals surface area contributed by atoms with Crippen LogP contribution in [-0.2, 0) is 26.2 Å². The van der Waals surface area contributed by atoms with Crippen LogP contribution in [0.2, 0.25) is 15.1 Å². The first-order valence-corrected chi connectivity index (χ1v) is 14.7. The number of halogens is 3. The molecule has 1 aliphatic carbocycles. The molecule has 1 fully saturated rings. The first-order valence-electron chi connectivity index (χ1n) is 11.7. The van der Waals surface area contributed by atoms with E-state index in [4.69, 9.17) is 34.8 Å². The van der Waals surface area contributed by atoms with Crippen LogP contribution in [0.1, 0.15) is 44.6 Å². The molecule has 0 spiro atoms. The third-order valence-corrected chi connectivity index (χ3v) is 8.18. The van der Waals surface area contributed by atoms with Crippen LogP contribution < -0.4 is 9.62 Å². The van der Waals surface area contributed by atoms with Crippen molar-refractivity contribution in [2.24, 2.45) is 0 Å². The van der Waals surface area contributed by atoms with E-state index in [2.05, 4.69) is 5.32 Å². The molecular weight excluding hydrogens is 545 g/mol. The molecule has 36 heavy (non-hydrogen) atoms. The average Bonchev–Trinajstić information content (AvgIpc) is 2.80. The predicted octanol–water partition coefficient (Wildman–Crippen LogP) is 5.28. The van der Waals surface area contributed by atoms with Crippen LogP contribution in [-0.4, -0.2) is 50.0 Å². The van der Waals surface area contributed by atoms with Gasteiger partial charge in [-0.1, -0.05) is 72.3 Å². The zero-order chi connectivity index (χ0) is 26.5. The highest BCUT2D eigenvalue weighted by atomic mass is 35.5. The van der Waals surface area contributed by atoms with Gasteiger partial charge >= 0.3 is 0 Å². The van der Waals surface area contributed by atoms with Crippen molar-refractivity contribution in [1.82, 2.24) is 10.2 Å². The summed E-state index contributed by atoms with van der Waals surface area (Å²) in [6.07, 6.45) is 6.03. The van der Waals surface area contributed by atoms with Gasteiger partial charge in [0, 0.05) is 27.7 Å². The van der Waals surface area contributed by atoms with Crippen molar-refractivity contribution in [3.63, 3.8) is 0 Å². The highest BCUT2D eigenvalue weighted by molar-refractivity contribution is 7.92. The Morgan fingerprint density at radius 3 is 2.22 bits per heavy atom. The van der Waals surface area contributed by atoms with Crippen LogP contribution >= 0.6 is 34.8 Å². The van der Waals surface area contributed by atoms with Crippen molar-refractivity contribution >= 4 is 62.3 Å². The lowest BCUT2D eigenvalue weighted by molar-refractivity contribution is -0.139. The number of nitrogens with one attached hydrogen (secondary N) is 1. The standard InChI is InChI=1S/C25H30Cl3N3O4S/c1-17(25(33)29-21-9-4-3-5-10-21)30(15-18-8-6-7-11-23(18)28)24(32)16-31(36(2,34)35)22-13-19(26)12-20(27)14-22/h6-8,11-14,17,21H,3-5,9-10,15-16H2,1-2H3,(H,29,33)/t17-/m0/s1. The van der Waals surface area contributed by atoms with Gasteiger partial charge < -0.3 is 10.2 Å². The highest BCUT2D eigenvalue weighted by Gasteiger charge is 2.31. The maximum Gasteiger partial charge on any atom is 0.244 e. The first kappa shape index (κ1) is 28.6. The van der Waals surface area contributed by atoms with Crippen molar-refractivity contribution in [3.8, 4) is 0 Å². The minimum Gasteiger partial charge on any atom is -0.352 e. The van der Waals surface area contributed by atoms with Gasteiger partial charge in [0.15, 0.2) is 0 Å². The SMILES string of the molecule is C[C@@H](C(=O)NC1CCCCC1)N(Cc1ccccc1Cl)C(=O)CN(c1cc(Cl)cc(Cl)c1)S(C)(=O)=O. The Bertz CT molecular complexity index is 1180. The summed E-state index contributed by atoms with van der Waals surface area (Å²) in [4.78, 5) is 28.1. The molecule has 1 atom stereocenters. The smallest absolute Gasteiger partial charge is 0.244 e. The molecule has 11 heteroatoms. The number of carbonyl (C=O) groups is 2. The molecule has 0 bridgehead atoms. The number of nitrogens with zero attached hydrogens (tertiary/aromatic N) is 2. The van der Waals surface area contributed by atoms with Crippen molar-refractivity contribution in [2.45, 2.75) is 57.7 Å². The normalized spacial score (nSPS) is 15.2. The number of hydrogen-bond donors (Lipinski definition) is 1. The fraction of sp³-hybridized carbons (Fsp3) is 0.440. The lowest BCUT2D eigenvalue weighted by Gasteiger charge is -2.33. The van der Waals surface area contributed by atoms with Crippen molar-refractivity contribution < 1.29 is 18.0 Å². The van der Waals surface area contributed by atoms with Crippen LogP contribution in [0.3, 0.4) is 0 Å². The van der Waals surface area contributed by atoms with Crippen LogP contribution in [0.25, 0.3) is 0 Å². The summed E-state index contributed by atoms with van der Waals surface area (Å²) < 4.78 is 26.2. The van der Waals surface area contributed by atoms with Gasteiger partial charge in [-0.3, -0.25) is 13.9 Å². The molecule has 7 nitrogen and oxygen atoms in total. The minimum atomic E-state index is -3.89. The van der Waals surface area contributed by atoms with Gasteiger partial charge in [-0.05, 0) is 49.6 Å². The van der Waals surface area contributed by atoms with E-state index in [1.807, 2.05) is 0 Å². The summed E-state index contributed by atoms with van der Waals surface area (Å²) in [5, 5.41) is 3.95. The third kappa shape index (κ3) is 7.75. The van der Waals surface area contributed by atoms with Gasteiger partial charge in [0.1, 0.15) is 12.6 Å². The Hall–Kier alpha value is -2.00. The Kier molecular flexibility index (Phi) is 9.92. The van der Waals surface area contributed by atoms with Crippen LogP contribution in [0.4, 0.5) is 5.69 Å². The number of sulfonamides is 1. The number of rotatable bonds is 9. The summed E-state index contributed by atoms with van der Waals surface area (Å²) in [5.41, 5.74) is 0.793. The first-order chi connectivity index (χ1) is 17.0. The van der Waals surface area contributed by atoms with Gasteiger partial charge in [-0.25, -0.2) is 8.42 Å². The average molecular weight is 575 g/mol. The largest absolute Gasteiger partial charge is 0.352 e. The zero-order valence-electron chi connectivity index (χ0n) is 20.2. The van der Waals surface area contributed by atoms with Gasteiger partial charge in [-0.2, -0.15) is 0 Å². The van der Waals surface area contributed by atoms with Crippen LogP contribution in [0.15, 0.2) is 42.5 Å². The summed E-state index contributed by atoms with van der Waals surface area (Å²) >= 11 is 18.5. The Morgan fingerprint density at radius 2 is 1.64 bits per heavy atom. The van der Waals surface area contributed by atoms with E-state index >= 15 is 0 Å². The molecule has 0 saturated heterocycles. The second-order valence-corrected chi connectivity index (χ2v) is 12.2. The second-order valence-electron chi connectivity index (χ2n) is 9.03. The summed E-state index contributed by atoms with van der Waals surface area (Å²) in [7, 11) is -3.89. The quantitative estimate of drug-likeness (QED) is 0.442. The summed E-state index contributed by atoms with van der Waals surface area (Å²) in [6.45, 7) is 1.13. The molecule has 2 aromatic carbocycles. The molecule has 1 N–H and O–H groups in total. The van der Waals surface area contributed by atoms with Gasteiger partial charge in [-0.15, -0.1) is 0 Å². The van der Waals surface area contributed by atoms with Gasteiger partial charge in [0.05, 0.1) is 11.9 Å². The van der Waals surface area contributed by atoms with Crippen molar-refractivity contribution in [3.05, 3.63) is 63.1 Å². The van der Waals surface area contributed by atoms with Gasteiger partial charge in [0.2, 0.25) is 21.8 Å². The number of amides is 2. The third-order valence-electron chi connectivity index (χ3n) is 6.23. The number of anilines is 1. The topological polar surface area (TPSA) is 86.8 Å². The van der Waals surface area contributed by atoms with E-state index in [0.717, 1.165) is 42.7 Å².